The Morgan fingerprint density at radius 2 is 1.74 bits per heavy atom. The van der Waals surface area contributed by atoms with Crippen LogP contribution in [0.4, 0.5) is 0 Å². The number of aryl methyl sites for hydroxylation is 2. The molecule has 0 aliphatic carbocycles. The van der Waals surface area contributed by atoms with E-state index in [-0.39, 0.29) is 0 Å². The fraction of sp³-hybridized carbons (Fsp3) is 0.588. The van der Waals surface area contributed by atoms with E-state index >= 15 is 0 Å². The molecule has 2 heterocycles. The van der Waals surface area contributed by atoms with Crippen molar-refractivity contribution in [2.75, 3.05) is 0 Å². The first-order valence-electron chi connectivity index (χ1n) is 7.36. The van der Waals surface area contributed by atoms with Crippen molar-refractivity contribution in [3.63, 3.8) is 0 Å². The van der Waals surface area contributed by atoms with Crippen LogP contribution in [0.5, 0.6) is 0 Å². The molecule has 0 amide bonds. The zero-order valence-corrected chi connectivity index (χ0v) is 12.6. The molecule has 0 aromatic heterocycles. The smallest absolute Gasteiger partial charge is 0.140 e. The highest BCUT2D eigenvalue weighted by Gasteiger charge is 2.37. The number of benzene rings is 1. The van der Waals surface area contributed by atoms with Crippen molar-refractivity contribution in [1.82, 2.24) is 0 Å². The van der Waals surface area contributed by atoms with Crippen molar-refractivity contribution in [3.05, 3.63) is 34.9 Å². The molecule has 1 aromatic carbocycles. The van der Waals surface area contributed by atoms with Crippen molar-refractivity contribution in [2.24, 2.45) is 5.92 Å². The number of thioether (sulfide) groups is 1. The normalized spacial score (nSPS) is 29.5. The second kappa shape index (κ2) is 5.32. The lowest BCUT2D eigenvalue weighted by atomic mass is 9.88. The fourth-order valence-electron chi connectivity index (χ4n) is 3.57. The van der Waals surface area contributed by atoms with E-state index in [0.29, 0.717) is 18.1 Å². The summed E-state index contributed by atoms with van der Waals surface area (Å²) in [5.41, 5.74) is 3.79. The molecule has 0 saturated carbocycles. The molecular formula is C17H22OS. The minimum atomic E-state index is 0.331. The van der Waals surface area contributed by atoms with Crippen LogP contribution in [0.3, 0.4) is 0 Å². The van der Waals surface area contributed by atoms with Crippen molar-refractivity contribution in [2.45, 2.75) is 56.5 Å². The van der Waals surface area contributed by atoms with Gasteiger partial charge < -0.3 is 0 Å². The first-order chi connectivity index (χ1) is 9.13. The summed E-state index contributed by atoms with van der Waals surface area (Å²) in [5.74, 6) is 0.812. The van der Waals surface area contributed by atoms with Crippen LogP contribution in [-0.2, 0) is 11.2 Å². The molecule has 0 N–H and O–H groups in total. The third-order valence-corrected chi connectivity index (χ3v) is 6.37. The predicted octanol–water partition coefficient (Wildman–Crippen LogP) is 4.09. The summed E-state index contributed by atoms with van der Waals surface area (Å²) in [5, 5.41) is 1.54. The van der Waals surface area contributed by atoms with Crippen molar-refractivity contribution in [3.8, 4) is 0 Å². The van der Waals surface area contributed by atoms with Crippen molar-refractivity contribution >= 4 is 17.5 Å². The van der Waals surface area contributed by atoms with Gasteiger partial charge in [-0.25, -0.2) is 0 Å². The molecule has 102 valence electrons. The summed E-state index contributed by atoms with van der Waals surface area (Å²) in [7, 11) is 0. The van der Waals surface area contributed by atoms with E-state index in [0.717, 1.165) is 23.3 Å². The number of fused-ring (bicyclic) bond motifs is 2. The minimum absolute atomic E-state index is 0.331. The Kier molecular flexibility index (Phi) is 3.70. The molecule has 0 spiro atoms. The van der Waals surface area contributed by atoms with Gasteiger partial charge in [-0.3, -0.25) is 4.79 Å². The van der Waals surface area contributed by atoms with Crippen LogP contribution in [0, 0.1) is 19.8 Å². The van der Waals surface area contributed by atoms with Crippen LogP contribution in [0.25, 0.3) is 0 Å². The van der Waals surface area contributed by atoms with E-state index in [1.165, 1.54) is 29.5 Å². The van der Waals surface area contributed by atoms with Crippen molar-refractivity contribution < 1.29 is 4.79 Å². The van der Waals surface area contributed by atoms with Gasteiger partial charge in [-0.05, 0) is 56.2 Å². The third kappa shape index (κ3) is 2.74. The average molecular weight is 274 g/mol. The molecule has 2 atom stereocenters. The number of rotatable bonds is 3. The van der Waals surface area contributed by atoms with Gasteiger partial charge in [0.15, 0.2) is 0 Å². The Morgan fingerprint density at radius 3 is 2.32 bits per heavy atom. The summed E-state index contributed by atoms with van der Waals surface area (Å²) < 4.78 is 0. The number of carbonyl (C=O) groups excluding carboxylic acids is 1. The lowest BCUT2D eigenvalue weighted by Gasteiger charge is -2.26. The fourth-order valence-corrected chi connectivity index (χ4v) is 5.34. The van der Waals surface area contributed by atoms with Gasteiger partial charge in [0.25, 0.3) is 0 Å². The van der Waals surface area contributed by atoms with E-state index in [4.69, 9.17) is 0 Å². The highest BCUT2D eigenvalue weighted by Crippen LogP contribution is 2.46. The number of hydrogen-bond donors (Lipinski definition) is 0. The van der Waals surface area contributed by atoms with Crippen LogP contribution >= 0.6 is 11.8 Å². The van der Waals surface area contributed by atoms with E-state index in [1.807, 2.05) is 0 Å². The Labute approximate surface area is 120 Å². The second-order valence-corrected chi connectivity index (χ2v) is 7.74. The van der Waals surface area contributed by atoms with E-state index in [2.05, 4.69) is 43.8 Å². The van der Waals surface area contributed by atoms with Crippen LogP contribution in [-0.4, -0.2) is 16.3 Å². The van der Waals surface area contributed by atoms with Gasteiger partial charge in [0.05, 0.1) is 0 Å². The van der Waals surface area contributed by atoms with Gasteiger partial charge >= 0.3 is 0 Å². The number of ketones is 1. The lowest BCUT2D eigenvalue weighted by Crippen LogP contribution is -2.26. The Morgan fingerprint density at radius 1 is 1.16 bits per heavy atom. The molecule has 2 saturated heterocycles. The Hall–Kier alpha value is -0.760. The Balaban J connectivity index is 1.71. The molecule has 0 radical (unpaired) electrons. The second-order valence-electron chi connectivity index (χ2n) is 6.14. The first-order valence-corrected chi connectivity index (χ1v) is 8.31. The summed E-state index contributed by atoms with van der Waals surface area (Å²) >= 11 is 2.13. The van der Waals surface area contributed by atoms with Gasteiger partial charge in [-0.2, -0.15) is 11.8 Å². The molecular weight excluding hydrogens is 252 g/mol. The topological polar surface area (TPSA) is 17.1 Å². The van der Waals surface area contributed by atoms with E-state index < -0.39 is 0 Å². The van der Waals surface area contributed by atoms with E-state index in [1.54, 1.807) is 0 Å². The maximum atomic E-state index is 12.6. The summed E-state index contributed by atoms with van der Waals surface area (Å²) in [6, 6.07) is 6.32. The molecule has 1 nitrogen and oxygen atoms in total. The van der Waals surface area contributed by atoms with Crippen molar-refractivity contribution in [1.29, 1.82) is 0 Å². The van der Waals surface area contributed by atoms with E-state index in [9.17, 15) is 4.79 Å². The number of carbonyl (C=O) groups is 1. The van der Waals surface area contributed by atoms with Gasteiger partial charge in [0, 0.05) is 22.8 Å². The molecule has 2 fully saturated rings. The molecule has 2 heteroatoms. The first kappa shape index (κ1) is 13.2. The van der Waals surface area contributed by atoms with Crippen LogP contribution in [0.15, 0.2) is 18.2 Å². The maximum absolute atomic E-state index is 12.6. The SMILES string of the molecule is Cc1cccc(C)c1CC(=O)C1CC2CCC(C1)S2. The Bertz CT molecular complexity index is 462. The van der Waals surface area contributed by atoms with Gasteiger partial charge in [0.2, 0.25) is 0 Å². The van der Waals surface area contributed by atoms with Crippen LogP contribution in [0.1, 0.15) is 42.4 Å². The van der Waals surface area contributed by atoms with Crippen LogP contribution < -0.4 is 0 Å². The zero-order valence-electron chi connectivity index (χ0n) is 11.8. The summed E-state index contributed by atoms with van der Waals surface area (Å²) in [6.07, 6.45) is 5.58. The van der Waals surface area contributed by atoms with Gasteiger partial charge in [-0.15, -0.1) is 0 Å². The summed E-state index contributed by atoms with van der Waals surface area (Å²) in [6.45, 7) is 4.24. The lowest BCUT2D eigenvalue weighted by molar-refractivity contribution is -0.122. The predicted molar refractivity (Wildman–Crippen MR) is 81.8 cm³/mol. The molecule has 2 aliphatic heterocycles. The molecule has 1 aromatic rings. The average Bonchev–Trinajstić information content (AvgIpc) is 2.72. The largest absolute Gasteiger partial charge is 0.299 e. The summed E-state index contributed by atoms with van der Waals surface area (Å²) in [4.78, 5) is 12.6. The third-order valence-electron chi connectivity index (χ3n) is 4.74. The molecule has 2 unspecified atom stereocenters. The minimum Gasteiger partial charge on any atom is -0.299 e. The molecule has 2 bridgehead atoms. The molecule has 3 rings (SSSR count). The zero-order chi connectivity index (χ0) is 13.4. The number of hydrogen-bond acceptors (Lipinski definition) is 2. The van der Waals surface area contributed by atoms with Gasteiger partial charge in [0.1, 0.15) is 5.78 Å². The standard InChI is InChI=1S/C17H22OS/c1-11-4-3-5-12(2)16(11)10-17(18)13-8-14-6-7-15(9-13)19-14/h3-5,13-15H,6-10H2,1-2H3. The van der Waals surface area contributed by atoms with Gasteiger partial charge in [-0.1, -0.05) is 18.2 Å². The maximum Gasteiger partial charge on any atom is 0.140 e. The monoisotopic (exact) mass is 274 g/mol. The quantitative estimate of drug-likeness (QED) is 0.826. The molecule has 2 aliphatic rings. The molecule has 19 heavy (non-hydrogen) atoms. The number of Topliss-reactive ketones (excluding diaryl/α,β-unsaturated/α-hetero) is 1. The highest BCUT2D eigenvalue weighted by atomic mass is 32.2. The highest BCUT2D eigenvalue weighted by molar-refractivity contribution is 8.00. The van der Waals surface area contributed by atoms with Crippen LogP contribution in [0.2, 0.25) is 0 Å².